The first-order valence-electron chi connectivity index (χ1n) is 6.45. The Bertz CT molecular complexity index is 132. The summed E-state index contributed by atoms with van der Waals surface area (Å²) in [4.78, 5) is 0. The number of rotatable bonds is 9. The van der Waals surface area contributed by atoms with Gasteiger partial charge in [0.2, 0.25) is 0 Å². The first-order valence-corrected chi connectivity index (χ1v) is 6.45. The Hall–Kier alpha value is -0.0800. The van der Waals surface area contributed by atoms with E-state index in [9.17, 15) is 0 Å². The smallest absolute Gasteiger partial charge is 0.0671 e. The van der Waals surface area contributed by atoms with E-state index in [0.717, 1.165) is 25.5 Å². The predicted octanol–water partition coefficient (Wildman–Crippen LogP) is 3.22. The molecule has 0 saturated heterocycles. The molecule has 15 heavy (non-hydrogen) atoms. The molecule has 0 aliphatic rings. The van der Waals surface area contributed by atoms with Crippen molar-refractivity contribution >= 4 is 0 Å². The van der Waals surface area contributed by atoms with Crippen molar-refractivity contribution in [3.8, 4) is 0 Å². The fourth-order valence-electron chi connectivity index (χ4n) is 1.47. The number of hydrogen-bond acceptors (Lipinski definition) is 2. The van der Waals surface area contributed by atoms with Gasteiger partial charge in [0.15, 0.2) is 0 Å². The average Bonchev–Trinajstić information content (AvgIpc) is 2.18. The first kappa shape index (κ1) is 14.9. The Balaban J connectivity index is 3.43. The zero-order valence-corrected chi connectivity index (χ0v) is 11.2. The molecule has 0 radical (unpaired) electrons. The van der Waals surface area contributed by atoms with Gasteiger partial charge in [-0.15, -0.1) is 0 Å². The van der Waals surface area contributed by atoms with E-state index in [-0.39, 0.29) is 0 Å². The Kier molecular flexibility index (Phi) is 9.12. The van der Waals surface area contributed by atoms with Crippen LogP contribution in [0.25, 0.3) is 0 Å². The van der Waals surface area contributed by atoms with Crippen LogP contribution in [0.5, 0.6) is 0 Å². The highest BCUT2D eigenvalue weighted by Crippen LogP contribution is 2.02. The summed E-state index contributed by atoms with van der Waals surface area (Å²) in [7, 11) is 0. The Morgan fingerprint density at radius 1 is 1.07 bits per heavy atom. The van der Waals surface area contributed by atoms with Crippen LogP contribution in [0.15, 0.2) is 0 Å². The molecule has 2 heteroatoms. The van der Waals surface area contributed by atoms with E-state index in [1.165, 1.54) is 12.8 Å². The topological polar surface area (TPSA) is 21.3 Å². The lowest BCUT2D eigenvalue weighted by molar-refractivity contribution is 0.0567. The summed E-state index contributed by atoms with van der Waals surface area (Å²) in [6.45, 7) is 12.9. The first-order chi connectivity index (χ1) is 7.10. The molecule has 92 valence electrons. The van der Waals surface area contributed by atoms with Gasteiger partial charge in [-0.2, -0.15) is 0 Å². The Morgan fingerprint density at radius 3 is 2.13 bits per heavy atom. The number of hydrogen-bond donors (Lipinski definition) is 1. The van der Waals surface area contributed by atoms with E-state index in [2.05, 4.69) is 39.9 Å². The molecule has 0 heterocycles. The van der Waals surface area contributed by atoms with E-state index >= 15 is 0 Å². The molecule has 0 spiro atoms. The second-order valence-corrected chi connectivity index (χ2v) is 4.79. The monoisotopic (exact) mass is 215 g/mol. The van der Waals surface area contributed by atoms with Crippen LogP contribution in [0.4, 0.5) is 0 Å². The minimum absolute atomic E-state index is 0.337. The van der Waals surface area contributed by atoms with Crippen LogP contribution in [0.3, 0.4) is 0 Å². The summed E-state index contributed by atoms with van der Waals surface area (Å²) in [6, 6.07) is 0.654. The molecule has 0 amide bonds. The fraction of sp³-hybridized carbons (Fsp3) is 1.00. The van der Waals surface area contributed by atoms with Gasteiger partial charge < -0.3 is 10.1 Å². The van der Waals surface area contributed by atoms with Gasteiger partial charge in [0, 0.05) is 19.2 Å². The van der Waals surface area contributed by atoms with Crippen molar-refractivity contribution in [1.82, 2.24) is 5.32 Å². The van der Waals surface area contributed by atoms with Gasteiger partial charge in [-0.05, 0) is 32.1 Å². The van der Waals surface area contributed by atoms with Crippen molar-refractivity contribution in [3.05, 3.63) is 0 Å². The normalized spacial score (nSPS) is 13.8. The summed E-state index contributed by atoms with van der Waals surface area (Å²) >= 11 is 0. The Labute approximate surface area is 95.8 Å². The molecule has 0 aromatic rings. The van der Waals surface area contributed by atoms with Gasteiger partial charge in [0.25, 0.3) is 0 Å². The van der Waals surface area contributed by atoms with Gasteiger partial charge in [0.05, 0.1) is 6.10 Å². The highest BCUT2D eigenvalue weighted by Gasteiger charge is 2.06. The van der Waals surface area contributed by atoms with Crippen molar-refractivity contribution < 1.29 is 4.74 Å². The molecule has 0 aromatic carbocycles. The molecule has 0 bridgehead atoms. The largest absolute Gasteiger partial charge is 0.377 e. The van der Waals surface area contributed by atoms with Crippen molar-refractivity contribution in [2.24, 2.45) is 5.92 Å². The summed E-state index contributed by atoms with van der Waals surface area (Å²) in [5.41, 5.74) is 0. The maximum atomic E-state index is 5.73. The minimum atomic E-state index is 0.337. The van der Waals surface area contributed by atoms with Gasteiger partial charge in [-0.25, -0.2) is 0 Å². The molecular formula is C13H29NO. The SMILES string of the molecule is CCC(CC)NCC(C)OCCC(C)C. The van der Waals surface area contributed by atoms with Crippen LogP contribution in [0, 0.1) is 5.92 Å². The van der Waals surface area contributed by atoms with Gasteiger partial charge >= 0.3 is 0 Å². The molecule has 1 N–H and O–H groups in total. The summed E-state index contributed by atoms with van der Waals surface area (Å²) in [6.07, 6.45) is 3.91. The lowest BCUT2D eigenvalue weighted by atomic mass is 10.1. The maximum Gasteiger partial charge on any atom is 0.0671 e. The molecule has 0 aromatic heterocycles. The lowest BCUT2D eigenvalue weighted by Gasteiger charge is -2.19. The third-order valence-electron chi connectivity index (χ3n) is 2.78. The summed E-state index contributed by atoms with van der Waals surface area (Å²) in [5.74, 6) is 0.740. The standard InChI is InChI=1S/C13H29NO/c1-6-13(7-2)14-10-12(5)15-9-8-11(3)4/h11-14H,6-10H2,1-5H3. The highest BCUT2D eigenvalue weighted by molar-refractivity contribution is 4.65. The summed E-state index contributed by atoms with van der Waals surface area (Å²) in [5, 5.41) is 3.53. The zero-order chi connectivity index (χ0) is 11.7. The maximum absolute atomic E-state index is 5.73. The number of ether oxygens (including phenoxy) is 1. The molecule has 0 saturated carbocycles. The third-order valence-corrected chi connectivity index (χ3v) is 2.78. The second-order valence-electron chi connectivity index (χ2n) is 4.79. The van der Waals surface area contributed by atoms with Crippen molar-refractivity contribution in [2.45, 2.75) is 66.0 Å². The van der Waals surface area contributed by atoms with Crippen LogP contribution >= 0.6 is 0 Å². The van der Waals surface area contributed by atoms with Gasteiger partial charge in [-0.1, -0.05) is 27.7 Å². The van der Waals surface area contributed by atoms with Crippen molar-refractivity contribution in [2.75, 3.05) is 13.2 Å². The molecule has 1 unspecified atom stereocenters. The van der Waals surface area contributed by atoms with Crippen LogP contribution in [0.1, 0.15) is 53.9 Å². The third kappa shape index (κ3) is 8.88. The average molecular weight is 215 g/mol. The second kappa shape index (κ2) is 9.17. The van der Waals surface area contributed by atoms with Crippen molar-refractivity contribution in [1.29, 1.82) is 0 Å². The molecule has 0 rings (SSSR count). The van der Waals surface area contributed by atoms with E-state index < -0.39 is 0 Å². The lowest BCUT2D eigenvalue weighted by Crippen LogP contribution is -2.35. The quantitative estimate of drug-likeness (QED) is 0.637. The van der Waals surface area contributed by atoms with Crippen molar-refractivity contribution in [3.63, 3.8) is 0 Å². The minimum Gasteiger partial charge on any atom is -0.377 e. The van der Waals surface area contributed by atoms with Crippen LogP contribution in [0.2, 0.25) is 0 Å². The van der Waals surface area contributed by atoms with E-state index in [4.69, 9.17) is 4.74 Å². The molecule has 0 aliphatic heterocycles. The fourth-order valence-corrected chi connectivity index (χ4v) is 1.47. The molecule has 0 aliphatic carbocycles. The van der Waals surface area contributed by atoms with E-state index in [1.807, 2.05) is 0 Å². The van der Waals surface area contributed by atoms with Gasteiger partial charge in [0.1, 0.15) is 0 Å². The molecule has 2 nitrogen and oxygen atoms in total. The highest BCUT2D eigenvalue weighted by atomic mass is 16.5. The molecule has 1 atom stereocenters. The van der Waals surface area contributed by atoms with Crippen LogP contribution in [-0.2, 0) is 4.74 Å². The predicted molar refractivity (Wildman–Crippen MR) is 67.2 cm³/mol. The molecular weight excluding hydrogens is 186 g/mol. The summed E-state index contributed by atoms with van der Waals surface area (Å²) < 4.78 is 5.73. The Morgan fingerprint density at radius 2 is 1.67 bits per heavy atom. The van der Waals surface area contributed by atoms with Crippen LogP contribution < -0.4 is 5.32 Å². The van der Waals surface area contributed by atoms with Gasteiger partial charge in [-0.3, -0.25) is 0 Å². The van der Waals surface area contributed by atoms with Crippen LogP contribution in [-0.4, -0.2) is 25.3 Å². The zero-order valence-electron chi connectivity index (χ0n) is 11.2. The van der Waals surface area contributed by atoms with E-state index in [0.29, 0.717) is 12.1 Å². The van der Waals surface area contributed by atoms with E-state index in [1.54, 1.807) is 0 Å². The number of nitrogens with one attached hydrogen (secondary N) is 1. The molecule has 0 fully saturated rings.